The van der Waals surface area contributed by atoms with Crippen molar-refractivity contribution in [3.8, 4) is 11.6 Å². The maximum absolute atomic E-state index is 14.9. The van der Waals surface area contributed by atoms with Gasteiger partial charge in [-0.3, -0.25) is 19.1 Å². The number of alkyl carbamates (subject to hydrolysis) is 1. The number of rotatable bonds is 9. The average Bonchev–Trinajstić information content (AvgIpc) is 4.12. The van der Waals surface area contributed by atoms with Crippen LogP contribution in [-0.4, -0.2) is 102 Å². The van der Waals surface area contributed by atoms with Gasteiger partial charge in [0, 0.05) is 12.0 Å². The molecule has 5 aliphatic rings. The van der Waals surface area contributed by atoms with Crippen LogP contribution in [0.2, 0.25) is 0 Å². The zero-order chi connectivity index (χ0) is 42.7. The lowest BCUT2D eigenvalue weighted by Gasteiger charge is -2.36. The number of fused-ring (bicyclic) bond motifs is 5. The second-order valence-electron chi connectivity index (χ2n) is 18.0. The second kappa shape index (κ2) is 15.8. The molecule has 8 atom stereocenters. The number of carbonyl (C=O) groups excluding carboxylic acids is 4. The first-order valence-corrected chi connectivity index (χ1v) is 21.9. The lowest BCUT2D eigenvalue weighted by molar-refractivity contribution is -0.144. The molecule has 3 aliphatic carbocycles. The van der Waals surface area contributed by atoms with E-state index in [1.54, 1.807) is 39.0 Å². The Balaban J connectivity index is 1.29. The molecule has 3 heterocycles. The van der Waals surface area contributed by atoms with Crippen LogP contribution in [0.15, 0.2) is 24.3 Å². The summed E-state index contributed by atoms with van der Waals surface area (Å²) in [4.78, 5) is 67.7. The maximum atomic E-state index is 14.9. The molecule has 4 fully saturated rings. The summed E-state index contributed by atoms with van der Waals surface area (Å²) >= 11 is 0. The molecular weight excluding hydrogens is 791 g/mol. The van der Waals surface area contributed by atoms with Gasteiger partial charge in [0.25, 0.3) is 5.91 Å². The smallest absolute Gasteiger partial charge is 0.408 e. The van der Waals surface area contributed by atoms with Gasteiger partial charge in [0.1, 0.15) is 41.3 Å². The zero-order valence-electron chi connectivity index (χ0n) is 34.3. The SMILES string of the molecule is CCC[C@@H]1[C@@H]2CN(C(=O)[C@H](C(C)(C)C)NC(=O)O[C@@H]3C[C@H]3CCC/C=C/c3nc4ccc(OC)cc4nc3O2)[C@@H]1C(=O)N[C@]1(C(=O)NS(=O)(=O)C2(C)CC2)C[C@H]1C(F)F. The molecule has 1 saturated heterocycles. The molecule has 1 aromatic carbocycles. The number of nitrogens with zero attached hydrogens (tertiary/aromatic N) is 3. The summed E-state index contributed by atoms with van der Waals surface area (Å²) in [7, 11) is -2.72. The predicted molar refractivity (Wildman–Crippen MR) is 212 cm³/mol. The van der Waals surface area contributed by atoms with Gasteiger partial charge in [-0.05, 0) is 87.8 Å². The van der Waals surface area contributed by atoms with Crippen molar-refractivity contribution in [1.82, 2.24) is 30.2 Å². The van der Waals surface area contributed by atoms with Crippen molar-refractivity contribution in [2.24, 2.45) is 23.2 Å². The van der Waals surface area contributed by atoms with E-state index in [9.17, 15) is 36.4 Å². The molecule has 59 heavy (non-hydrogen) atoms. The molecule has 3 saturated carbocycles. The second-order valence-corrected chi connectivity index (χ2v) is 20.2. The van der Waals surface area contributed by atoms with Gasteiger partial charge in [-0.15, -0.1) is 0 Å². The van der Waals surface area contributed by atoms with Crippen LogP contribution in [-0.2, 0) is 29.1 Å². The minimum Gasteiger partial charge on any atom is -0.497 e. The minimum atomic E-state index is -4.25. The van der Waals surface area contributed by atoms with Crippen molar-refractivity contribution in [3.63, 3.8) is 0 Å². The number of hydrogen-bond acceptors (Lipinski definition) is 11. The molecule has 322 valence electrons. The van der Waals surface area contributed by atoms with E-state index in [4.69, 9.17) is 24.2 Å². The number of alkyl halides is 2. The fourth-order valence-corrected chi connectivity index (χ4v) is 9.64. The Morgan fingerprint density at radius 3 is 2.51 bits per heavy atom. The number of ether oxygens (including phenoxy) is 3. The Morgan fingerprint density at radius 1 is 1.12 bits per heavy atom. The highest BCUT2D eigenvalue weighted by atomic mass is 32.2. The highest BCUT2D eigenvalue weighted by Crippen LogP contribution is 2.50. The highest BCUT2D eigenvalue weighted by molar-refractivity contribution is 7.91. The van der Waals surface area contributed by atoms with Crippen molar-refractivity contribution in [1.29, 1.82) is 0 Å². The summed E-state index contributed by atoms with van der Waals surface area (Å²) < 4.78 is 73.6. The predicted octanol–water partition coefficient (Wildman–Crippen LogP) is 4.88. The number of methoxy groups -OCH3 is 1. The summed E-state index contributed by atoms with van der Waals surface area (Å²) in [5.74, 6) is -4.48. The molecule has 7 rings (SSSR count). The van der Waals surface area contributed by atoms with Crippen LogP contribution in [0.3, 0.4) is 0 Å². The van der Waals surface area contributed by atoms with E-state index in [1.807, 2.05) is 23.8 Å². The summed E-state index contributed by atoms with van der Waals surface area (Å²) in [6.45, 7) is 8.38. The third-order valence-electron chi connectivity index (χ3n) is 12.5. The number of allylic oxidation sites excluding steroid dienone is 1. The van der Waals surface area contributed by atoms with Crippen LogP contribution in [0.5, 0.6) is 11.6 Å². The first kappa shape index (κ1) is 42.5. The van der Waals surface area contributed by atoms with E-state index in [0.29, 0.717) is 48.2 Å². The number of sulfonamides is 1. The first-order chi connectivity index (χ1) is 27.8. The molecule has 3 N–H and O–H groups in total. The van der Waals surface area contributed by atoms with Crippen molar-refractivity contribution < 1.29 is 50.6 Å². The van der Waals surface area contributed by atoms with E-state index >= 15 is 0 Å². The summed E-state index contributed by atoms with van der Waals surface area (Å²) in [6, 6.07) is 2.63. The van der Waals surface area contributed by atoms with E-state index in [1.165, 1.54) is 18.9 Å². The number of nitrogens with one attached hydrogen (secondary N) is 3. The molecule has 15 nitrogen and oxygen atoms in total. The monoisotopic (exact) mass is 844 g/mol. The van der Waals surface area contributed by atoms with Crippen LogP contribution in [0.1, 0.15) is 98.1 Å². The molecule has 2 aliphatic heterocycles. The van der Waals surface area contributed by atoms with Gasteiger partial charge < -0.3 is 29.7 Å². The van der Waals surface area contributed by atoms with Crippen molar-refractivity contribution in [2.75, 3.05) is 13.7 Å². The van der Waals surface area contributed by atoms with Gasteiger partial charge in [0.05, 0.1) is 35.4 Å². The molecule has 4 amide bonds. The fourth-order valence-electron chi connectivity index (χ4n) is 8.33. The average molecular weight is 845 g/mol. The summed E-state index contributed by atoms with van der Waals surface area (Å²) in [6.07, 6.45) is 2.59. The van der Waals surface area contributed by atoms with Crippen molar-refractivity contribution in [3.05, 3.63) is 30.0 Å². The maximum Gasteiger partial charge on any atom is 0.408 e. The third-order valence-corrected chi connectivity index (χ3v) is 14.7. The Morgan fingerprint density at radius 2 is 1.86 bits per heavy atom. The van der Waals surface area contributed by atoms with E-state index in [2.05, 4.69) is 10.6 Å². The van der Waals surface area contributed by atoms with Crippen LogP contribution >= 0.6 is 0 Å². The zero-order valence-corrected chi connectivity index (χ0v) is 35.1. The number of carbonyl (C=O) groups is 4. The highest BCUT2D eigenvalue weighted by Gasteiger charge is 2.68. The number of amides is 4. The first-order valence-electron chi connectivity index (χ1n) is 20.4. The van der Waals surface area contributed by atoms with Crippen LogP contribution in [0.25, 0.3) is 17.1 Å². The number of hydrogen-bond donors (Lipinski definition) is 3. The van der Waals surface area contributed by atoms with Crippen LogP contribution in [0, 0.1) is 23.2 Å². The fraction of sp³-hybridized carbons (Fsp3) is 0.659. The van der Waals surface area contributed by atoms with Crippen molar-refractivity contribution in [2.45, 2.75) is 133 Å². The standard InChI is InChI=1S/C41H54F2N6O9S/c1-7-11-24-30-21-49(31(24)34(50)47-41(20-25(41)33(42)43)37(52)48-59(54,55)40(5)16-17-40)36(51)32(39(2,3)4)46-38(53)58-29-18-22(29)12-9-8-10-13-27-35(57-30)45-28-19-23(56-6)14-15-26(28)44-27/h10,13-15,19,22,24-25,29-33H,7-9,11-12,16-18,20-21H2,1-6H3,(H,46,53)(H,47,50)(H,48,52)/b13-10+/t22-,24-,25+,29-,30+,31+,32-,41-/m1/s1. The number of halogens is 2. The third kappa shape index (κ3) is 8.55. The van der Waals surface area contributed by atoms with E-state index in [0.717, 1.165) is 12.8 Å². The van der Waals surface area contributed by atoms with Gasteiger partial charge >= 0.3 is 6.09 Å². The Labute approximate surface area is 342 Å². The normalized spacial score (nSPS) is 31.0. The Bertz CT molecular complexity index is 2140. The van der Waals surface area contributed by atoms with Crippen LogP contribution in [0.4, 0.5) is 13.6 Å². The molecule has 0 spiro atoms. The van der Waals surface area contributed by atoms with E-state index in [-0.39, 0.29) is 37.3 Å². The molecule has 18 heteroatoms. The Kier molecular flexibility index (Phi) is 11.4. The molecular formula is C41H54F2N6O9S. The van der Waals surface area contributed by atoms with Gasteiger partial charge in [-0.1, -0.05) is 40.2 Å². The van der Waals surface area contributed by atoms with Crippen LogP contribution < -0.4 is 24.8 Å². The summed E-state index contributed by atoms with van der Waals surface area (Å²) in [5.41, 5.74) is -1.71. The molecule has 2 aromatic rings. The summed E-state index contributed by atoms with van der Waals surface area (Å²) in [5, 5.41) is 5.27. The van der Waals surface area contributed by atoms with Gasteiger partial charge in [0.15, 0.2) is 0 Å². The van der Waals surface area contributed by atoms with Gasteiger partial charge in [-0.2, -0.15) is 0 Å². The largest absolute Gasteiger partial charge is 0.497 e. The molecule has 2 bridgehead atoms. The lowest BCUT2D eigenvalue weighted by Crippen LogP contribution is -2.61. The lowest BCUT2D eigenvalue weighted by atomic mass is 9.85. The quantitative estimate of drug-likeness (QED) is 0.312. The molecule has 0 unspecified atom stereocenters. The van der Waals surface area contributed by atoms with E-state index < -0.39 is 92.4 Å². The number of benzene rings is 1. The minimum absolute atomic E-state index is 0.133. The van der Waals surface area contributed by atoms with Crippen molar-refractivity contribution >= 4 is 50.9 Å². The molecule has 0 radical (unpaired) electrons. The topological polar surface area (TPSA) is 195 Å². The molecule has 1 aromatic heterocycles. The van der Waals surface area contributed by atoms with Gasteiger partial charge in [0.2, 0.25) is 34.1 Å². The Hall–Kier alpha value is -4.61. The number of aromatic nitrogens is 2. The van der Waals surface area contributed by atoms with Gasteiger partial charge in [-0.25, -0.2) is 32.0 Å².